The zero-order valence-electron chi connectivity index (χ0n) is 13.4. The lowest BCUT2D eigenvalue weighted by molar-refractivity contribution is -0.0511. The summed E-state index contributed by atoms with van der Waals surface area (Å²) >= 11 is 1.53. The van der Waals surface area contributed by atoms with Gasteiger partial charge in [-0.1, -0.05) is 6.07 Å². The van der Waals surface area contributed by atoms with Crippen molar-refractivity contribution < 1.29 is 23.0 Å². The number of aryl methyl sites for hydroxylation is 1. The number of anilines is 1. The Morgan fingerprint density at radius 2 is 1.92 bits per heavy atom. The summed E-state index contributed by atoms with van der Waals surface area (Å²) < 4.78 is 34.3. The molecule has 0 radical (unpaired) electrons. The predicted molar refractivity (Wildman–Crippen MR) is 90.5 cm³/mol. The number of methoxy groups -OCH3 is 1. The first-order valence-electron chi connectivity index (χ1n) is 7.03. The van der Waals surface area contributed by atoms with Crippen molar-refractivity contribution in [1.29, 1.82) is 0 Å². The molecule has 0 bridgehead atoms. The van der Waals surface area contributed by atoms with E-state index in [1.165, 1.54) is 31.0 Å². The van der Waals surface area contributed by atoms with Crippen LogP contribution in [0.5, 0.6) is 11.5 Å². The molecule has 1 N–H and O–H groups in total. The maximum Gasteiger partial charge on any atom is 0.387 e. The van der Waals surface area contributed by atoms with E-state index in [0.29, 0.717) is 11.3 Å². The monoisotopic (exact) mass is 353 g/mol. The number of hydrogen-bond donors (Lipinski definition) is 1. The second-order valence-electron chi connectivity index (χ2n) is 4.88. The second kappa shape index (κ2) is 8.01. The Bertz CT molecular complexity index is 738. The Morgan fingerprint density at radius 3 is 2.54 bits per heavy atom. The number of nitrogens with one attached hydrogen (secondary N) is 1. The third kappa shape index (κ3) is 4.38. The van der Waals surface area contributed by atoms with Gasteiger partial charge in [0.15, 0.2) is 11.5 Å². The van der Waals surface area contributed by atoms with Crippen molar-refractivity contribution >= 4 is 23.4 Å². The molecule has 0 spiro atoms. The SMILES string of the molecule is COc1ccc(NC(=O)c2cc(SC)ccc2C)cc1OC(F)F. The standard InChI is InChI=1S/C17H17F2NO3S/c1-10-4-6-12(24-3)9-13(10)16(21)20-11-5-7-14(22-2)15(8-11)23-17(18)19/h4-9,17H,1-3H3,(H,20,21). The zero-order chi connectivity index (χ0) is 17.7. The van der Waals surface area contributed by atoms with Crippen LogP contribution in [-0.2, 0) is 0 Å². The molecule has 0 aliphatic carbocycles. The molecule has 0 aromatic heterocycles. The Labute approximate surface area is 143 Å². The van der Waals surface area contributed by atoms with E-state index >= 15 is 0 Å². The number of amides is 1. The molecule has 2 aromatic carbocycles. The highest BCUT2D eigenvalue weighted by Crippen LogP contribution is 2.31. The van der Waals surface area contributed by atoms with E-state index in [1.54, 1.807) is 12.1 Å². The highest BCUT2D eigenvalue weighted by Gasteiger charge is 2.14. The summed E-state index contributed by atoms with van der Waals surface area (Å²) in [5, 5.41) is 2.69. The molecule has 0 aliphatic heterocycles. The Morgan fingerprint density at radius 1 is 1.17 bits per heavy atom. The number of rotatable bonds is 6. The minimum Gasteiger partial charge on any atom is -0.493 e. The summed E-state index contributed by atoms with van der Waals surface area (Å²) in [5.41, 5.74) is 1.68. The van der Waals surface area contributed by atoms with Gasteiger partial charge < -0.3 is 14.8 Å². The van der Waals surface area contributed by atoms with Gasteiger partial charge in [-0.25, -0.2) is 0 Å². The summed E-state index contributed by atoms with van der Waals surface area (Å²) in [6.45, 7) is -1.15. The van der Waals surface area contributed by atoms with Crippen molar-refractivity contribution in [3.63, 3.8) is 0 Å². The molecule has 7 heteroatoms. The van der Waals surface area contributed by atoms with Crippen LogP contribution in [0.25, 0.3) is 0 Å². The zero-order valence-corrected chi connectivity index (χ0v) is 14.2. The lowest BCUT2D eigenvalue weighted by atomic mass is 10.1. The fourth-order valence-corrected chi connectivity index (χ4v) is 2.55. The summed E-state index contributed by atoms with van der Waals surface area (Å²) in [7, 11) is 1.35. The van der Waals surface area contributed by atoms with E-state index in [4.69, 9.17) is 4.74 Å². The van der Waals surface area contributed by atoms with Gasteiger partial charge in [0.25, 0.3) is 5.91 Å². The summed E-state index contributed by atoms with van der Waals surface area (Å²) in [6.07, 6.45) is 1.92. The first-order chi connectivity index (χ1) is 11.4. The largest absolute Gasteiger partial charge is 0.493 e. The van der Waals surface area contributed by atoms with E-state index in [1.807, 2.05) is 25.3 Å². The lowest BCUT2D eigenvalue weighted by Crippen LogP contribution is -2.14. The molecule has 0 saturated carbocycles. The molecule has 0 heterocycles. The normalized spacial score (nSPS) is 10.6. The second-order valence-corrected chi connectivity index (χ2v) is 5.76. The van der Waals surface area contributed by atoms with E-state index in [2.05, 4.69) is 10.1 Å². The first kappa shape index (κ1) is 18.1. The minimum absolute atomic E-state index is 0.139. The van der Waals surface area contributed by atoms with Gasteiger partial charge in [-0.3, -0.25) is 4.79 Å². The number of halogens is 2. The molecule has 0 aliphatic rings. The smallest absolute Gasteiger partial charge is 0.387 e. The van der Waals surface area contributed by atoms with Crippen LogP contribution in [0.2, 0.25) is 0 Å². The maximum absolute atomic E-state index is 12.5. The van der Waals surface area contributed by atoms with Gasteiger partial charge in [-0.15, -0.1) is 11.8 Å². The number of carbonyl (C=O) groups is 1. The molecule has 0 saturated heterocycles. The van der Waals surface area contributed by atoms with Crippen LogP contribution in [-0.4, -0.2) is 25.9 Å². The number of carbonyl (C=O) groups excluding carboxylic acids is 1. The number of ether oxygens (including phenoxy) is 2. The Hall–Kier alpha value is -2.28. The van der Waals surface area contributed by atoms with Crippen molar-refractivity contribution in [3.05, 3.63) is 47.5 Å². The quantitative estimate of drug-likeness (QED) is 0.772. The Kier molecular flexibility index (Phi) is 6.03. The highest BCUT2D eigenvalue weighted by molar-refractivity contribution is 7.98. The summed E-state index contributed by atoms with van der Waals surface area (Å²) in [6, 6.07) is 9.90. The predicted octanol–water partition coefficient (Wildman–Crippen LogP) is 4.58. The molecule has 0 fully saturated rings. The van der Waals surface area contributed by atoms with E-state index < -0.39 is 6.61 Å². The molecule has 2 rings (SSSR count). The van der Waals surface area contributed by atoms with Gasteiger partial charge in [-0.2, -0.15) is 8.78 Å². The number of alkyl halides is 2. The van der Waals surface area contributed by atoms with Gasteiger partial charge in [0.1, 0.15) is 0 Å². The molecular formula is C17H17F2NO3S. The summed E-state index contributed by atoms with van der Waals surface area (Å²) in [4.78, 5) is 13.4. The van der Waals surface area contributed by atoms with Crippen LogP contribution in [0, 0.1) is 6.92 Å². The van der Waals surface area contributed by atoms with Gasteiger partial charge >= 0.3 is 6.61 Å². The average molecular weight is 353 g/mol. The van der Waals surface area contributed by atoms with Crippen LogP contribution < -0.4 is 14.8 Å². The van der Waals surface area contributed by atoms with Crippen LogP contribution >= 0.6 is 11.8 Å². The van der Waals surface area contributed by atoms with Gasteiger partial charge in [0, 0.05) is 22.2 Å². The van der Waals surface area contributed by atoms with Crippen LogP contribution in [0.3, 0.4) is 0 Å². The molecule has 1 amide bonds. The molecule has 4 nitrogen and oxygen atoms in total. The third-order valence-electron chi connectivity index (χ3n) is 3.33. The highest BCUT2D eigenvalue weighted by atomic mass is 32.2. The number of thioether (sulfide) groups is 1. The molecular weight excluding hydrogens is 336 g/mol. The van der Waals surface area contributed by atoms with E-state index in [9.17, 15) is 13.6 Å². The van der Waals surface area contributed by atoms with Crippen molar-refractivity contribution in [2.75, 3.05) is 18.7 Å². The van der Waals surface area contributed by atoms with E-state index in [-0.39, 0.29) is 17.4 Å². The van der Waals surface area contributed by atoms with Crippen LogP contribution in [0.4, 0.5) is 14.5 Å². The molecule has 0 unspecified atom stereocenters. The van der Waals surface area contributed by atoms with Crippen molar-refractivity contribution in [2.45, 2.75) is 18.4 Å². The molecule has 24 heavy (non-hydrogen) atoms. The van der Waals surface area contributed by atoms with Gasteiger partial charge in [0.2, 0.25) is 0 Å². The third-order valence-corrected chi connectivity index (χ3v) is 4.05. The average Bonchev–Trinajstić information content (AvgIpc) is 2.55. The van der Waals surface area contributed by atoms with E-state index in [0.717, 1.165) is 10.5 Å². The first-order valence-corrected chi connectivity index (χ1v) is 8.26. The van der Waals surface area contributed by atoms with Crippen molar-refractivity contribution in [3.8, 4) is 11.5 Å². The number of benzene rings is 2. The molecule has 2 aromatic rings. The van der Waals surface area contributed by atoms with Crippen LogP contribution in [0.15, 0.2) is 41.3 Å². The minimum atomic E-state index is -2.98. The fourth-order valence-electron chi connectivity index (χ4n) is 2.11. The topological polar surface area (TPSA) is 47.6 Å². The fraction of sp³-hybridized carbons (Fsp3) is 0.235. The van der Waals surface area contributed by atoms with Crippen molar-refractivity contribution in [1.82, 2.24) is 0 Å². The maximum atomic E-state index is 12.5. The van der Waals surface area contributed by atoms with Crippen LogP contribution in [0.1, 0.15) is 15.9 Å². The van der Waals surface area contributed by atoms with Crippen molar-refractivity contribution in [2.24, 2.45) is 0 Å². The molecule has 0 atom stereocenters. The van der Waals surface area contributed by atoms with Gasteiger partial charge in [-0.05, 0) is 43.0 Å². The lowest BCUT2D eigenvalue weighted by Gasteiger charge is -2.13. The molecule has 128 valence electrons. The number of hydrogen-bond acceptors (Lipinski definition) is 4. The summed E-state index contributed by atoms with van der Waals surface area (Å²) in [5.74, 6) is -0.301. The van der Waals surface area contributed by atoms with Gasteiger partial charge in [0.05, 0.1) is 7.11 Å². The Balaban J connectivity index is 2.26.